The smallest absolute Gasteiger partial charge is 0.221 e. The molecule has 0 spiro atoms. The van der Waals surface area contributed by atoms with E-state index in [1.165, 1.54) is 0 Å². The molecule has 15 heavy (non-hydrogen) atoms. The van der Waals surface area contributed by atoms with Crippen LogP contribution in [0.5, 0.6) is 0 Å². The molecule has 4 nitrogen and oxygen atoms in total. The van der Waals surface area contributed by atoms with Gasteiger partial charge in [-0.25, -0.2) is 0 Å². The number of nitrogens with zero attached hydrogens (tertiary/aromatic N) is 1. The van der Waals surface area contributed by atoms with Gasteiger partial charge in [-0.3, -0.25) is 9.79 Å². The summed E-state index contributed by atoms with van der Waals surface area (Å²) in [6.07, 6.45) is 2.67. The van der Waals surface area contributed by atoms with Crippen molar-refractivity contribution in [3.8, 4) is 0 Å². The summed E-state index contributed by atoms with van der Waals surface area (Å²) >= 11 is 1.74. The Morgan fingerprint density at radius 2 is 2.40 bits per heavy atom. The lowest BCUT2D eigenvalue weighted by molar-refractivity contribution is -0.120. The SMILES string of the molecule is CCCNC(=O)CCNC1=NCCCS1. The number of nitrogens with one attached hydrogen (secondary N) is 2. The van der Waals surface area contributed by atoms with Crippen LogP contribution in [0.1, 0.15) is 26.2 Å². The van der Waals surface area contributed by atoms with Gasteiger partial charge < -0.3 is 10.6 Å². The summed E-state index contributed by atoms with van der Waals surface area (Å²) in [5, 5.41) is 7.02. The summed E-state index contributed by atoms with van der Waals surface area (Å²) in [6, 6.07) is 0. The number of amidine groups is 1. The van der Waals surface area contributed by atoms with E-state index in [1.54, 1.807) is 11.8 Å². The standard InChI is InChI=1S/C10H19N3OS/c1-2-5-11-9(14)4-7-13-10-12-6-3-8-15-10/h2-8H2,1H3,(H,11,14)(H,12,13). The van der Waals surface area contributed by atoms with Gasteiger partial charge >= 0.3 is 0 Å². The fourth-order valence-electron chi connectivity index (χ4n) is 1.20. The fourth-order valence-corrected chi connectivity index (χ4v) is 2.06. The molecule has 0 aliphatic carbocycles. The molecule has 0 fully saturated rings. The third kappa shape index (κ3) is 5.67. The van der Waals surface area contributed by atoms with Crippen molar-refractivity contribution < 1.29 is 4.79 Å². The van der Waals surface area contributed by atoms with Crippen LogP contribution in [0.15, 0.2) is 4.99 Å². The molecule has 0 radical (unpaired) electrons. The van der Waals surface area contributed by atoms with E-state index >= 15 is 0 Å². The maximum absolute atomic E-state index is 11.2. The van der Waals surface area contributed by atoms with Crippen LogP contribution in [0.4, 0.5) is 0 Å². The van der Waals surface area contributed by atoms with Crippen LogP contribution in [0.25, 0.3) is 0 Å². The van der Waals surface area contributed by atoms with Crippen molar-refractivity contribution in [2.45, 2.75) is 26.2 Å². The minimum atomic E-state index is 0.116. The molecule has 0 atom stereocenters. The largest absolute Gasteiger partial charge is 0.364 e. The van der Waals surface area contributed by atoms with Gasteiger partial charge in [-0.2, -0.15) is 0 Å². The highest BCUT2D eigenvalue weighted by molar-refractivity contribution is 8.13. The lowest BCUT2D eigenvalue weighted by atomic mass is 10.4. The van der Waals surface area contributed by atoms with Crippen molar-refractivity contribution in [1.29, 1.82) is 0 Å². The molecule has 5 heteroatoms. The second-order valence-corrected chi connectivity index (χ2v) is 4.50. The molecule has 0 saturated carbocycles. The van der Waals surface area contributed by atoms with Gasteiger partial charge in [-0.1, -0.05) is 18.7 Å². The molecule has 0 bridgehead atoms. The van der Waals surface area contributed by atoms with E-state index in [-0.39, 0.29) is 5.91 Å². The molecule has 1 amide bonds. The van der Waals surface area contributed by atoms with Crippen molar-refractivity contribution in [1.82, 2.24) is 10.6 Å². The molecular weight excluding hydrogens is 210 g/mol. The monoisotopic (exact) mass is 229 g/mol. The van der Waals surface area contributed by atoms with Gasteiger partial charge in [0.25, 0.3) is 0 Å². The minimum absolute atomic E-state index is 0.116. The summed E-state index contributed by atoms with van der Waals surface area (Å²) in [6.45, 7) is 4.42. The van der Waals surface area contributed by atoms with E-state index in [0.29, 0.717) is 13.0 Å². The van der Waals surface area contributed by atoms with E-state index in [2.05, 4.69) is 15.6 Å². The Balaban J connectivity index is 2.04. The Bertz CT molecular complexity index is 231. The molecule has 0 unspecified atom stereocenters. The Kier molecular flexibility index (Phi) is 6.23. The van der Waals surface area contributed by atoms with Gasteiger partial charge in [-0.15, -0.1) is 0 Å². The van der Waals surface area contributed by atoms with E-state index in [0.717, 1.165) is 36.9 Å². The lowest BCUT2D eigenvalue weighted by Crippen LogP contribution is -2.30. The summed E-state index contributed by atoms with van der Waals surface area (Å²) < 4.78 is 0. The highest BCUT2D eigenvalue weighted by Crippen LogP contribution is 2.09. The highest BCUT2D eigenvalue weighted by atomic mass is 32.2. The van der Waals surface area contributed by atoms with Crippen molar-refractivity contribution in [3.05, 3.63) is 0 Å². The molecule has 1 aliphatic heterocycles. The normalized spacial score (nSPS) is 15.7. The number of carbonyl (C=O) groups excluding carboxylic acids is 1. The lowest BCUT2D eigenvalue weighted by Gasteiger charge is -2.12. The van der Waals surface area contributed by atoms with Crippen LogP contribution in [-0.2, 0) is 4.79 Å². The van der Waals surface area contributed by atoms with Gasteiger partial charge in [0, 0.05) is 31.8 Å². The summed E-state index contributed by atoms with van der Waals surface area (Å²) in [5.74, 6) is 1.25. The minimum Gasteiger partial charge on any atom is -0.364 e. The number of aliphatic imine (C=N–C) groups is 1. The molecule has 0 aromatic heterocycles. The zero-order valence-corrected chi connectivity index (χ0v) is 10.0. The predicted molar refractivity (Wildman–Crippen MR) is 65.3 cm³/mol. The van der Waals surface area contributed by atoms with Gasteiger partial charge in [0.1, 0.15) is 0 Å². The molecular formula is C10H19N3OS. The molecule has 1 rings (SSSR count). The maximum Gasteiger partial charge on any atom is 0.221 e. The topological polar surface area (TPSA) is 53.5 Å². The van der Waals surface area contributed by atoms with Crippen molar-refractivity contribution in [3.63, 3.8) is 0 Å². The maximum atomic E-state index is 11.2. The first-order valence-corrected chi connectivity index (χ1v) is 6.49. The van der Waals surface area contributed by atoms with E-state index in [9.17, 15) is 4.79 Å². The Hall–Kier alpha value is -0.710. The third-order valence-corrected chi connectivity index (χ3v) is 3.04. The Morgan fingerprint density at radius 3 is 3.07 bits per heavy atom. The molecule has 1 heterocycles. The van der Waals surface area contributed by atoms with Crippen molar-refractivity contribution >= 4 is 22.8 Å². The van der Waals surface area contributed by atoms with Gasteiger partial charge in [0.15, 0.2) is 5.17 Å². The number of hydrogen-bond donors (Lipinski definition) is 2. The van der Waals surface area contributed by atoms with Gasteiger partial charge in [-0.05, 0) is 12.8 Å². The molecule has 1 aliphatic rings. The van der Waals surface area contributed by atoms with E-state index < -0.39 is 0 Å². The van der Waals surface area contributed by atoms with Crippen molar-refractivity contribution in [2.75, 3.05) is 25.4 Å². The van der Waals surface area contributed by atoms with Gasteiger partial charge in [0.05, 0.1) is 0 Å². The second-order valence-electron chi connectivity index (χ2n) is 3.42. The summed E-state index contributed by atoms with van der Waals surface area (Å²) in [4.78, 5) is 15.6. The van der Waals surface area contributed by atoms with Crippen LogP contribution in [0.2, 0.25) is 0 Å². The van der Waals surface area contributed by atoms with Crippen molar-refractivity contribution in [2.24, 2.45) is 4.99 Å². The molecule has 0 saturated heterocycles. The first-order chi connectivity index (χ1) is 7.33. The summed E-state index contributed by atoms with van der Waals surface area (Å²) in [7, 11) is 0. The zero-order chi connectivity index (χ0) is 10.9. The number of hydrogen-bond acceptors (Lipinski definition) is 4. The highest BCUT2D eigenvalue weighted by Gasteiger charge is 2.05. The van der Waals surface area contributed by atoms with Crippen LogP contribution in [-0.4, -0.2) is 36.5 Å². The number of amides is 1. The Morgan fingerprint density at radius 1 is 1.53 bits per heavy atom. The quantitative estimate of drug-likeness (QED) is 0.739. The van der Waals surface area contributed by atoms with Gasteiger partial charge in [0.2, 0.25) is 5.91 Å². The number of carbonyl (C=O) groups is 1. The average molecular weight is 229 g/mol. The predicted octanol–water partition coefficient (Wildman–Crippen LogP) is 0.985. The molecule has 0 aromatic rings. The second kappa shape index (κ2) is 7.56. The first-order valence-electron chi connectivity index (χ1n) is 5.50. The van der Waals surface area contributed by atoms with Crippen LogP contribution < -0.4 is 10.6 Å². The molecule has 86 valence electrons. The molecule has 2 N–H and O–H groups in total. The zero-order valence-electron chi connectivity index (χ0n) is 9.21. The summed E-state index contributed by atoms with van der Waals surface area (Å²) in [5.41, 5.74) is 0. The third-order valence-electron chi connectivity index (χ3n) is 2.00. The molecule has 0 aromatic carbocycles. The van der Waals surface area contributed by atoms with Crippen LogP contribution >= 0.6 is 11.8 Å². The number of thioether (sulfide) groups is 1. The first kappa shape index (κ1) is 12.4. The fraction of sp³-hybridized carbons (Fsp3) is 0.800. The van der Waals surface area contributed by atoms with Crippen LogP contribution in [0, 0.1) is 0 Å². The van der Waals surface area contributed by atoms with E-state index in [4.69, 9.17) is 0 Å². The Labute approximate surface area is 95.3 Å². The van der Waals surface area contributed by atoms with E-state index in [1.807, 2.05) is 6.92 Å². The average Bonchev–Trinajstić information content (AvgIpc) is 2.28. The number of rotatable bonds is 5. The van der Waals surface area contributed by atoms with Crippen LogP contribution in [0.3, 0.4) is 0 Å².